The number of nitrogens with one attached hydrogen (secondary N) is 2. The average molecular weight is 498 g/mol. The zero-order valence-corrected chi connectivity index (χ0v) is 20.1. The second-order valence-electron chi connectivity index (χ2n) is 7.22. The summed E-state index contributed by atoms with van der Waals surface area (Å²) >= 11 is 12.3. The van der Waals surface area contributed by atoms with Gasteiger partial charge in [-0.25, -0.2) is 9.78 Å². The molecule has 0 saturated heterocycles. The topological polar surface area (TPSA) is 81.7 Å². The number of aromatic nitrogens is 1. The van der Waals surface area contributed by atoms with E-state index in [9.17, 15) is 4.79 Å². The number of fused-ring (bicyclic) bond motifs is 1. The quantitative estimate of drug-likeness (QED) is 0.303. The van der Waals surface area contributed by atoms with Gasteiger partial charge < -0.3 is 24.8 Å². The van der Waals surface area contributed by atoms with Crippen molar-refractivity contribution in [3.63, 3.8) is 0 Å². The number of ether oxygens (including phenoxy) is 3. The van der Waals surface area contributed by atoms with Crippen LogP contribution in [0.15, 0.2) is 60.7 Å². The maximum absolute atomic E-state index is 12.7. The van der Waals surface area contributed by atoms with Crippen molar-refractivity contribution in [2.24, 2.45) is 0 Å². The third-order valence-corrected chi connectivity index (χ3v) is 5.62. The van der Waals surface area contributed by atoms with Gasteiger partial charge in [0.05, 0.1) is 43.3 Å². The Morgan fingerprint density at radius 1 is 0.824 bits per heavy atom. The van der Waals surface area contributed by atoms with Gasteiger partial charge in [-0.3, -0.25) is 0 Å². The molecule has 1 heterocycles. The Kier molecular flexibility index (Phi) is 6.95. The SMILES string of the molecule is COc1cc(OC)c(NC(=O)Nc2ccc3nc(-c4cccc(Cl)c4)cc(OC)c3c2)cc1Cl. The zero-order chi connectivity index (χ0) is 24.2. The second-order valence-corrected chi connectivity index (χ2v) is 8.06. The number of rotatable bonds is 6. The van der Waals surface area contributed by atoms with Crippen molar-refractivity contribution in [2.75, 3.05) is 32.0 Å². The first-order valence-electron chi connectivity index (χ1n) is 10.2. The van der Waals surface area contributed by atoms with E-state index >= 15 is 0 Å². The van der Waals surface area contributed by atoms with Gasteiger partial charge in [0.25, 0.3) is 0 Å². The molecule has 0 aliphatic rings. The van der Waals surface area contributed by atoms with Crippen molar-refractivity contribution in [2.45, 2.75) is 0 Å². The molecule has 2 N–H and O–H groups in total. The lowest BCUT2D eigenvalue weighted by Gasteiger charge is -2.14. The van der Waals surface area contributed by atoms with Crippen LogP contribution in [0.2, 0.25) is 10.0 Å². The number of carbonyl (C=O) groups is 1. The number of pyridine rings is 1. The van der Waals surface area contributed by atoms with Crippen molar-refractivity contribution in [1.29, 1.82) is 0 Å². The van der Waals surface area contributed by atoms with Crippen molar-refractivity contribution < 1.29 is 19.0 Å². The second kappa shape index (κ2) is 10.1. The standard InChI is InChI=1S/C25H21Cl2N3O4/c1-32-22-12-20(14-5-4-6-15(26)9-14)29-19-8-7-16(10-17(19)22)28-25(31)30-21-11-18(27)23(33-2)13-24(21)34-3/h4-13H,1-3H3,(H2,28,30,31). The van der Waals surface area contributed by atoms with Gasteiger partial charge in [-0.1, -0.05) is 35.3 Å². The highest BCUT2D eigenvalue weighted by molar-refractivity contribution is 6.32. The molecule has 0 unspecified atom stereocenters. The van der Waals surface area contributed by atoms with Gasteiger partial charge in [0, 0.05) is 33.8 Å². The van der Waals surface area contributed by atoms with Gasteiger partial charge >= 0.3 is 6.03 Å². The molecule has 7 nitrogen and oxygen atoms in total. The van der Waals surface area contributed by atoms with E-state index in [-0.39, 0.29) is 0 Å². The largest absolute Gasteiger partial charge is 0.496 e. The lowest BCUT2D eigenvalue weighted by Crippen LogP contribution is -2.19. The predicted molar refractivity (Wildman–Crippen MR) is 136 cm³/mol. The molecule has 2 amide bonds. The summed E-state index contributed by atoms with van der Waals surface area (Å²) in [5, 5.41) is 7.26. The van der Waals surface area contributed by atoms with Gasteiger partial charge in [-0.2, -0.15) is 0 Å². The lowest BCUT2D eigenvalue weighted by atomic mass is 10.1. The van der Waals surface area contributed by atoms with Gasteiger partial charge in [0.15, 0.2) is 0 Å². The fraction of sp³-hybridized carbons (Fsp3) is 0.120. The number of anilines is 2. The van der Waals surface area contributed by atoms with Crippen LogP contribution in [0.1, 0.15) is 0 Å². The van der Waals surface area contributed by atoms with E-state index in [1.165, 1.54) is 14.2 Å². The molecule has 0 aliphatic carbocycles. The maximum Gasteiger partial charge on any atom is 0.323 e. The molecule has 0 radical (unpaired) electrons. The highest BCUT2D eigenvalue weighted by Gasteiger charge is 2.14. The summed E-state index contributed by atoms with van der Waals surface area (Å²) in [6, 6.07) is 17.3. The number of methoxy groups -OCH3 is 3. The van der Waals surface area contributed by atoms with Crippen LogP contribution in [0.5, 0.6) is 17.2 Å². The maximum atomic E-state index is 12.7. The summed E-state index contributed by atoms with van der Waals surface area (Å²) in [5.41, 5.74) is 3.27. The van der Waals surface area contributed by atoms with Crippen molar-refractivity contribution >= 4 is 51.5 Å². The number of halogens is 2. The van der Waals surface area contributed by atoms with Crippen LogP contribution in [0, 0.1) is 0 Å². The number of hydrogen-bond donors (Lipinski definition) is 2. The van der Waals surface area contributed by atoms with E-state index in [2.05, 4.69) is 10.6 Å². The van der Waals surface area contributed by atoms with Crippen molar-refractivity contribution in [1.82, 2.24) is 4.98 Å². The minimum absolute atomic E-state index is 0.343. The minimum Gasteiger partial charge on any atom is -0.496 e. The zero-order valence-electron chi connectivity index (χ0n) is 18.6. The van der Waals surface area contributed by atoms with Crippen LogP contribution < -0.4 is 24.8 Å². The fourth-order valence-corrected chi connectivity index (χ4v) is 3.91. The van der Waals surface area contributed by atoms with E-state index in [0.717, 1.165) is 16.6 Å². The molecule has 1 aromatic heterocycles. The van der Waals surface area contributed by atoms with Crippen LogP contribution in [-0.4, -0.2) is 32.3 Å². The normalized spacial score (nSPS) is 10.6. The number of hydrogen-bond acceptors (Lipinski definition) is 5. The molecule has 174 valence electrons. The molecular weight excluding hydrogens is 477 g/mol. The van der Waals surface area contributed by atoms with Gasteiger partial charge in [-0.15, -0.1) is 0 Å². The Hall–Kier alpha value is -3.68. The molecule has 0 atom stereocenters. The number of benzene rings is 3. The summed E-state index contributed by atoms with van der Waals surface area (Å²) < 4.78 is 16.1. The van der Waals surface area contributed by atoms with Crippen molar-refractivity contribution in [3.8, 4) is 28.5 Å². The molecule has 0 saturated carbocycles. The molecule has 9 heteroatoms. The lowest BCUT2D eigenvalue weighted by molar-refractivity contribution is 0.262. The number of amides is 2. The van der Waals surface area contributed by atoms with Gasteiger partial charge in [-0.05, 0) is 36.4 Å². The average Bonchev–Trinajstić information content (AvgIpc) is 2.83. The molecule has 3 aromatic carbocycles. The van der Waals surface area contributed by atoms with Crippen LogP contribution >= 0.6 is 23.2 Å². The van der Waals surface area contributed by atoms with E-state index in [0.29, 0.717) is 44.2 Å². The van der Waals surface area contributed by atoms with E-state index < -0.39 is 6.03 Å². The Labute approximate surface area is 206 Å². The summed E-state index contributed by atoms with van der Waals surface area (Å²) in [6.45, 7) is 0. The molecule has 4 rings (SSSR count). The third kappa shape index (κ3) is 4.95. The van der Waals surface area contributed by atoms with Gasteiger partial charge in [0.1, 0.15) is 17.2 Å². The fourth-order valence-electron chi connectivity index (χ4n) is 3.48. The van der Waals surface area contributed by atoms with Crippen LogP contribution in [0.3, 0.4) is 0 Å². The molecule has 0 fully saturated rings. The first kappa shape index (κ1) is 23.5. The minimum atomic E-state index is -0.471. The summed E-state index contributed by atoms with van der Waals surface area (Å²) in [4.78, 5) is 17.4. The van der Waals surface area contributed by atoms with Crippen LogP contribution in [-0.2, 0) is 0 Å². The van der Waals surface area contributed by atoms with Crippen molar-refractivity contribution in [3.05, 3.63) is 70.7 Å². The highest BCUT2D eigenvalue weighted by Crippen LogP contribution is 2.36. The molecule has 34 heavy (non-hydrogen) atoms. The third-order valence-electron chi connectivity index (χ3n) is 5.09. The van der Waals surface area contributed by atoms with Gasteiger partial charge in [0.2, 0.25) is 0 Å². The number of nitrogens with zero attached hydrogens (tertiary/aromatic N) is 1. The Balaban J connectivity index is 1.60. The monoisotopic (exact) mass is 497 g/mol. The van der Waals surface area contributed by atoms with Crippen LogP contribution in [0.25, 0.3) is 22.2 Å². The van der Waals surface area contributed by atoms with E-state index in [1.54, 1.807) is 31.4 Å². The molecule has 0 bridgehead atoms. The first-order chi connectivity index (χ1) is 16.4. The molecule has 0 spiro atoms. The van der Waals surface area contributed by atoms with Crippen LogP contribution in [0.4, 0.5) is 16.2 Å². The van der Waals surface area contributed by atoms with E-state index in [1.807, 2.05) is 36.4 Å². The summed E-state index contributed by atoms with van der Waals surface area (Å²) in [6.07, 6.45) is 0. The first-order valence-corrected chi connectivity index (χ1v) is 10.9. The smallest absolute Gasteiger partial charge is 0.323 e. The molecular formula is C25H21Cl2N3O4. The summed E-state index contributed by atoms with van der Waals surface area (Å²) in [7, 11) is 4.58. The molecule has 0 aliphatic heterocycles. The summed E-state index contributed by atoms with van der Waals surface area (Å²) in [5.74, 6) is 1.47. The Bertz CT molecular complexity index is 1380. The van der Waals surface area contributed by atoms with E-state index in [4.69, 9.17) is 42.4 Å². The predicted octanol–water partition coefficient (Wildman–Crippen LogP) is 6.88. The number of urea groups is 1. The Morgan fingerprint density at radius 3 is 2.29 bits per heavy atom. The number of carbonyl (C=O) groups excluding carboxylic acids is 1. The molecule has 4 aromatic rings. The highest BCUT2D eigenvalue weighted by atomic mass is 35.5. The Morgan fingerprint density at radius 2 is 1.59 bits per heavy atom.